The molecule has 0 aromatic heterocycles. The lowest BCUT2D eigenvalue weighted by molar-refractivity contribution is -0.164. The quantitative estimate of drug-likeness (QED) is 0.793. The van der Waals surface area contributed by atoms with Crippen LogP contribution < -0.4 is 0 Å². The molecule has 100 valence electrons. The largest absolute Gasteiger partial charge is 0.480 e. The SMILES string of the molecule is CC1(OCC(=O)O)CN(CCSC(F)(F)F)C1. The van der Waals surface area contributed by atoms with Crippen LogP contribution in [-0.2, 0) is 9.53 Å². The van der Waals surface area contributed by atoms with Crippen molar-refractivity contribution in [1.29, 1.82) is 0 Å². The van der Waals surface area contributed by atoms with Crippen LogP contribution in [0.25, 0.3) is 0 Å². The van der Waals surface area contributed by atoms with Gasteiger partial charge in [-0.25, -0.2) is 4.79 Å². The van der Waals surface area contributed by atoms with Crippen LogP contribution >= 0.6 is 11.8 Å². The molecule has 8 heteroatoms. The minimum atomic E-state index is -4.19. The van der Waals surface area contributed by atoms with Gasteiger partial charge in [0.15, 0.2) is 0 Å². The number of carbonyl (C=O) groups is 1. The first kappa shape index (κ1) is 14.6. The van der Waals surface area contributed by atoms with Crippen molar-refractivity contribution in [3.8, 4) is 0 Å². The summed E-state index contributed by atoms with van der Waals surface area (Å²) < 4.78 is 40.7. The van der Waals surface area contributed by atoms with E-state index < -0.39 is 17.1 Å². The fourth-order valence-corrected chi connectivity index (χ4v) is 2.26. The predicted molar refractivity (Wildman–Crippen MR) is 56.9 cm³/mol. The van der Waals surface area contributed by atoms with E-state index in [1.54, 1.807) is 11.8 Å². The van der Waals surface area contributed by atoms with Crippen LogP contribution in [-0.4, -0.2) is 59.1 Å². The molecule has 1 rings (SSSR count). The van der Waals surface area contributed by atoms with E-state index in [1.807, 2.05) is 0 Å². The highest BCUT2D eigenvalue weighted by molar-refractivity contribution is 8.00. The molecule has 1 N–H and O–H groups in total. The second-order valence-corrected chi connectivity index (χ2v) is 5.30. The van der Waals surface area contributed by atoms with Crippen molar-refractivity contribution in [2.45, 2.75) is 18.0 Å². The van der Waals surface area contributed by atoms with E-state index in [0.29, 0.717) is 19.6 Å². The zero-order valence-corrected chi connectivity index (χ0v) is 10.1. The summed E-state index contributed by atoms with van der Waals surface area (Å²) in [7, 11) is 0. The third-order valence-corrected chi connectivity index (χ3v) is 3.05. The Morgan fingerprint density at radius 2 is 2.12 bits per heavy atom. The average molecular weight is 273 g/mol. The summed E-state index contributed by atoms with van der Waals surface area (Å²) in [5, 5.41) is 8.43. The number of rotatable bonds is 6. The first-order chi connectivity index (χ1) is 7.70. The van der Waals surface area contributed by atoms with Gasteiger partial charge in [-0.2, -0.15) is 13.2 Å². The van der Waals surface area contributed by atoms with E-state index in [9.17, 15) is 18.0 Å². The maximum absolute atomic E-state index is 11.8. The van der Waals surface area contributed by atoms with Gasteiger partial charge in [0.1, 0.15) is 6.61 Å². The average Bonchev–Trinajstić information content (AvgIpc) is 2.10. The highest BCUT2D eigenvalue weighted by Gasteiger charge is 2.40. The maximum atomic E-state index is 11.8. The molecule has 17 heavy (non-hydrogen) atoms. The molecular weight excluding hydrogens is 259 g/mol. The van der Waals surface area contributed by atoms with Crippen LogP contribution in [0, 0.1) is 0 Å². The van der Waals surface area contributed by atoms with Crippen molar-refractivity contribution in [3.63, 3.8) is 0 Å². The Kier molecular flexibility index (Phi) is 4.68. The Labute approximate surface area is 101 Å². The van der Waals surface area contributed by atoms with Gasteiger partial charge >= 0.3 is 11.5 Å². The summed E-state index contributed by atoms with van der Waals surface area (Å²) in [5.41, 5.74) is -4.73. The molecule has 1 heterocycles. The van der Waals surface area contributed by atoms with Gasteiger partial charge in [-0.15, -0.1) is 0 Å². The number of halogens is 3. The van der Waals surface area contributed by atoms with E-state index in [1.165, 1.54) is 0 Å². The molecule has 4 nitrogen and oxygen atoms in total. The molecular formula is C9H14F3NO3S. The Morgan fingerprint density at radius 1 is 1.53 bits per heavy atom. The van der Waals surface area contributed by atoms with Gasteiger partial charge in [0.05, 0.1) is 5.60 Å². The molecule has 0 unspecified atom stereocenters. The molecule has 0 aromatic rings. The number of ether oxygens (including phenoxy) is 1. The molecule has 0 aliphatic carbocycles. The number of carboxylic acid groups (broad SMARTS) is 1. The highest BCUT2D eigenvalue weighted by atomic mass is 32.2. The van der Waals surface area contributed by atoms with Crippen LogP contribution in [0.4, 0.5) is 13.2 Å². The summed E-state index contributed by atoms with van der Waals surface area (Å²) >= 11 is -0.0470. The molecule has 0 spiro atoms. The van der Waals surface area contributed by atoms with E-state index >= 15 is 0 Å². The number of nitrogens with zero attached hydrogens (tertiary/aromatic N) is 1. The van der Waals surface area contributed by atoms with Crippen LogP contribution in [0.3, 0.4) is 0 Å². The Hall–Kier alpha value is -0.470. The molecule has 1 fully saturated rings. The molecule has 1 aliphatic rings. The van der Waals surface area contributed by atoms with Crippen molar-refractivity contribution in [3.05, 3.63) is 0 Å². The molecule has 0 saturated carbocycles. The number of hydrogen-bond donors (Lipinski definition) is 1. The summed E-state index contributed by atoms with van der Waals surface area (Å²) in [5.74, 6) is -1.06. The molecule has 0 atom stereocenters. The molecule has 0 radical (unpaired) electrons. The maximum Gasteiger partial charge on any atom is 0.441 e. The van der Waals surface area contributed by atoms with Crippen molar-refractivity contribution < 1.29 is 27.8 Å². The molecule has 0 bridgehead atoms. The van der Waals surface area contributed by atoms with E-state index in [2.05, 4.69) is 0 Å². The van der Waals surface area contributed by atoms with Gasteiger partial charge in [0.2, 0.25) is 0 Å². The van der Waals surface area contributed by atoms with Crippen LogP contribution in [0.5, 0.6) is 0 Å². The van der Waals surface area contributed by atoms with Gasteiger partial charge in [-0.05, 0) is 18.7 Å². The van der Waals surface area contributed by atoms with Crippen LogP contribution in [0.15, 0.2) is 0 Å². The Bertz CT molecular complexity index is 279. The van der Waals surface area contributed by atoms with Gasteiger partial charge < -0.3 is 9.84 Å². The molecule has 1 saturated heterocycles. The zero-order valence-electron chi connectivity index (χ0n) is 9.29. The number of hydrogen-bond acceptors (Lipinski definition) is 4. The molecule has 0 aromatic carbocycles. The first-order valence-electron chi connectivity index (χ1n) is 4.99. The van der Waals surface area contributed by atoms with E-state index in [0.717, 1.165) is 0 Å². The van der Waals surface area contributed by atoms with E-state index in [-0.39, 0.29) is 24.1 Å². The molecule has 1 aliphatic heterocycles. The topological polar surface area (TPSA) is 49.8 Å². The van der Waals surface area contributed by atoms with Gasteiger partial charge in [0, 0.05) is 25.4 Å². The normalized spacial score (nSPS) is 20.0. The monoisotopic (exact) mass is 273 g/mol. The fraction of sp³-hybridized carbons (Fsp3) is 0.889. The second kappa shape index (κ2) is 5.45. The minimum absolute atomic E-state index is 0.0154. The lowest BCUT2D eigenvalue weighted by Gasteiger charge is -2.47. The minimum Gasteiger partial charge on any atom is -0.480 e. The summed E-state index contributed by atoms with van der Waals surface area (Å²) in [4.78, 5) is 12.1. The molecule has 0 amide bonds. The zero-order chi connectivity index (χ0) is 13.1. The van der Waals surface area contributed by atoms with E-state index in [4.69, 9.17) is 9.84 Å². The Morgan fingerprint density at radius 3 is 2.59 bits per heavy atom. The van der Waals surface area contributed by atoms with Crippen molar-refractivity contribution >= 4 is 17.7 Å². The third kappa shape index (κ3) is 5.60. The lowest BCUT2D eigenvalue weighted by atomic mass is 9.97. The summed E-state index contributed by atoms with van der Waals surface area (Å²) in [6.07, 6.45) is 0. The number of alkyl halides is 3. The fourth-order valence-electron chi connectivity index (χ4n) is 1.68. The number of carboxylic acids is 1. The standard InChI is InChI=1S/C9H14F3NO3S/c1-8(16-4-7(14)15)5-13(6-8)2-3-17-9(10,11)12/h2-6H2,1H3,(H,14,15). The lowest BCUT2D eigenvalue weighted by Crippen LogP contribution is -2.62. The number of aliphatic carboxylic acids is 1. The van der Waals surface area contributed by atoms with Crippen LogP contribution in [0.2, 0.25) is 0 Å². The number of likely N-dealkylation sites (tertiary alicyclic amines) is 1. The summed E-state index contributed by atoms with van der Waals surface area (Å²) in [6, 6.07) is 0. The number of thioether (sulfide) groups is 1. The Balaban J connectivity index is 2.12. The van der Waals surface area contributed by atoms with Gasteiger partial charge in [-0.1, -0.05) is 0 Å². The van der Waals surface area contributed by atoms with Crippen molar-refractivity contribution in [2.24, 2.45) is 0 Å². The highest BCUT2D eigenvalue weighted by Crippen LogP contribution is 2.31. The first-order valence-corrected chi connectivity index (χ1v) is 5.98. The predicted octanol–water partition coefficient (Wildman–Crippen LogP) is 1.41. The summed E-state index contributed by atoms with van der Waals surface area (Å²) in [6.45, 7) is 2.65. The van der Waals surface area contributed by atoms with Crippen LogP contribution in [0.1, 0.15) is 6.92 Å². The third-order valence-electron chi connectivity index (χ3n) is 2.33. The van der Waals surface area contributed by atoms with Gasteiger partial charge in [0.25, 0.3) is 0 Å². The van der Waals surface area contributed by atoms with Crippen molar-refractivity contribution in [2.75, 3.05) is 32.0 Å². The van der Waals surface area contributed by atoms with Crippen molar-refractivity contribution in [1.82, 2.24) is 4.90 Å². The van der Waals surface area contributed by atoms with Gasteiger partial charge in [-0.3, -0.25) is 4.90 Å². The smallest absolute Gasteiger partial charge is 0.441 e. The second-order valence-electron chi connectivity index (χ2n) is 4.14.